The maximum absolute atomic E-state index is 9.22. The van der Waals surface area contributed by atoms with Gasteiger partial charge in [0.25, 0.3) is 0 Å². The van der Waals surface area contributed by atoms with Gasteiger partial charge >= 0.3 is 0 Å². The standard InChI is InChI=1S/C23H29N3O/c1-22-9-7-17(26-27)11-16(22)3-4-18-20-6-5-19(15-12-24-14-25-13-15)23(20,2)10-8-21(18)22/h5,11-14,18,20-21,27H,3-4,6-10H2,1-2H3/b26-17+/t18-,20-,21-,22-,23+/m0/s1. The van der Waals surface area contributed by atoms with Gasteiger partial charge in [-0.15, -0.1) is 0 Å². The third-order valence-corrected chi connectivity index (χ3v) is 8.56. The lowest BCUT2D eigenvalue weighted by molar-refractivity contribution is -0.0190. The Balaban J connectivity index is 1.47. The number of allylic oxidation sites excluding steroid dienone is 4. The molecule has 0 spiro atoms. The lowest BCUT2D eigenvalue weighted by Gasteiger charge is -2.58. The molecule has 2 saturated carbocycles. The van der Waals surface area contributed by atoms with E-state index in [4.69, 9.17) is 0 Å². The van der Waals surface area contributed by atoms with Crippen molar-refractivity contribution in [3.05, 3.63) is 42.0 Å². The minimum Gasteiger partial charge on any atom is -0.411 e. The summed E-state index contributed by atoms with van der Waals surface area (Å²) in [6, 6.07) is 0. The van der Waals surface area contributed by atoms with Gasteiger partial charge in [0.15, 0.2) is 0 Å². The van der Waals surface area contributed by atoms with Crippen molar-refractivity contribution in [3.63, 3.8) is 0 Å². The number of hydrogen-bond donors (Lipinski definition) is 1. The summed E-state index contributed by atoms with van der Waals surface area (Å²) >= 11 is 0. The van der Waals surface area contributed by atoms with E-state index >= 15 is 0 Å². The Hall–Kier alpha value is -1.97. The number of rotatable bonds is 1. The first-order valence-electron chi connectivity index (χ1n) is 10.4. The molecule has 0 aromatic carbocycles. The number of hydrogen-bond acceptors (Lipinski definition) is 4. The Morgan fingerprint density at radius 2 is 1.85 bits per heavy atom. The fourth-order valence-electron chi connectivity index (χ4n) is 7.10. The molecule has 1 N–H and O–H groups in total. The first-order valence-corrected chi connectivity index (χ1v) is 10.4. The summed E-state index contributed by atoms with van der Waals surface area (Å²) in [7, 11) is 0. The molecule has 1 heterocycles. The first kappa shape index (κ1) is 17.2. The molecule has 5 rings (SSSR count). The van der Waals surface area contributed by atoms with Crippen molar-refractivity contribution in [2.75, 3.05) is 0 Å². The van der Waals surface area contributed by atoms with Gasteiger partial charge < -0.3 is 5.21 Å². The Labute approximate surface area is 161 Å². The van der Waals surface area contributed by atoms with Crippen molar-refractivity contribution in [3.8, 4) is 0 Å². The Kier molecular flexibility index (Phi) is 3.82. The first-order chi connectivity index (χ1) is 13.1. The van der Waals surface area contributed by atoms with Crippen LogP contribution < -0.4 is 0 Å². The highest BCUT2D eigenvalue weighted by Gasteiger charge is 2.57. The van der Waals surface area contributed by atoms with E-state index in [1.54, 1.807) is 6.33 Å². The highest BCUT2D eigenvalue weighted by molar-refractivity contribution is 5.96. The fraction of sp³-hybridized carbons (Fsp3) is 0.609. The molecule has 0 unspecified atom stereocenters. The van der Waals surface area contributed by atoms with Crippen LogP contribution in [0.4, 0.5) is 0 Å². The van der Waals surface area contributed by atoms with Gasteiger partial charge in [0.05, 0.1) is 5.71 Å². The van der Waals surface area contributed by atoms with Crippen molar-refractivity contribution in [2.24, 2.45) is 33.7 Å². The van der Waals surface area contributed by atoms with Crippen molar-refractivity contribution < 1.29 is 5.21 Å². The van der Waals surface area contributed by atoms with Gasteiger partial charge in [-0.3, -0.25) is 0 Å². The van der Waals surface area contributed by atoms with E-state index in [-0.39, 0.29) is 10.8 Å². The summed E-state index contributed by atoms with van der Waals surface area (Å²) in [5.41, 5.74) is 5.65. The lowest BCUT2D eigenvalue weighted by Crippen LogP contribution is -2.49. The van der Waals surface area contributed by atoms with E-state index in [2.05, 4.69) is 41.1 Å². The minimum absolute atomic E-state index is 0.260. The van der Waals surface area contributed by atoms with Crippen LogP contribution in [0.3, 0.4) is 0 Å². The van der Waals surface area contributed by atoms with Gasteiger partial charge in [-0.2, -0.15) is 0 Å². The Morgan fingerprint density at radius 3 is 2.63 bits per heavy atom. The van der Waals surface area contributed by atoms with Crippen molar-refractivity contribution in [1.29, 1.82) is 0 Å². The van der Waals surface area contributed by atoms with E-state index in [1.165, 1.54) is 42.4 Å². The monoisotopic (exact) mass is 363 g/mol. The molecule has 4 nitrogen and oxygen atoms in total. The van der Waals surface area contributed by atoms with Crippen molar-refractivity contribution in [1.82, 2.24) is 9.97 Å². The largest absolute Gasteiger partial charge is 0.411 e. The van der Waals surface area contributed by atoms with Crippen LogP contribution in [0, 0.1) is 28.6 Å². The third kappa shape index (κ3) is 2.38. The van der Waals surface area contributed by atoms with Crippen LogP contribution in [0.1, 0.15) is 64.4 Å². The Bertz CT molecular complexity index is 842. The number of fused-ring (bicyclic) bond motifs is 5. The molecule has 0 saturated heterocycles. The molecule has 4 heteroatoms. The van der Waals surface area contributed by atoms with Gasteiger partial charge in [0.1, 0.15) is 6.33 Å². The van der Waals surface area contributed by atoms with E-state index in [1.807, 2.05) is 12.4 Å². The van der Waals surface area contributed by atoms with Gasteiger partial charge in [-0.1, -0.05) is 30.7 Å². The molecule has 1 aromatic rings. The highest BCUT2D eigenvalue weighted by Crippen LogP contribution is 2.66. The lowest BCUT2D eigenvalue weighted by atomic mass is 9.46. The second kappa shape index (κ2) is 6.02. The van der Waals surface area contributed by atoms with Crippen LogP contribution in [0.2, 0.25) is 0 Å². The number of aromatic nitrogens is 2. The zero-order valence-electron chi connectivity index (χ0n) is 16.4. The predicted octanol–water partition coefficient (Wildman–Crippen LogP) is 5.26. The van der Waals surface area contributed by atoms with Crippen LogP contribution in [0.5, 0.6) is 0 Å². The van der Waals surface area contributed by atoms with E-state index in [0.717, 1.165) is 42.7 Å². The Morgan fingerprint density at radius 1 is 1.04 bits per heavy atom. The molecular formula is C23H29N3O. The van der Waals surface area contributed by atoms with E-state index in [0.29, 0.717) is 0 Å². The molecule has 27 heavy (non-hydrogen) atoms. The molecule has 2 fully saturated rings. The fourth-order valence-corrected chi connectivity index (χ4v) is 7.10. The zero-order valence-corrected chi connectivity index (χ0v) is 16.4. The van der Waals surface area contributed by atoms with Crippen LogP contribution in [0.25, 0.3) is 5.57 Å². The average Bonchev–Trinajstić information content (AvgIpc) is 3.05. The van der Waals surface area contributed by atoms with Gasteiger partial charge in [-0.05, 0) is 85.2 Å². The van der Waals surface area contributed by atoms with E-state index < -0.39 is 0 Å². The molecule has 0 radical (unpaired) electrons. The van der Waals surface area contributed by atoms with Crippen molar-refractivity contribution in [2.45, 2.75) is 58.8 Å². The van der Waals surface area contributed by atoms with Gasteiger partial charge in [0, 0.05) is 18.0 Å². The molecule has 1 aromatic heterocycles. The van der Waals surface area contributed by atoms with Gasteiger partial charge in [0.2, 0.25) is 0 Å². The quantitative estimate of drug-likeness (QED) is 0.547. The molecule has 0 amide bonds. The SMILES string of the molecule is C[C@]12CC/C(=N\O)C=C1CC[C@@H]1[C@@H]2CC[C@]2(C)C(c3cncnc3)=CC[C@@H]12. The zero-order chi connectivity index (χ0) is 18.6. The summed E-state index contributed by atoms with van der Waals surface area (Å²) in [5.74, 6) is 2.28. The summed E-state index contributed by atoms with van der Waals surface area (Å²) in [5, 5.41) is 12.7. The van der Waals surface area contributed by atoms with Crippen LogP contribution >= 0.6 is 0 Å². The number of nitrogens with zero attached hydrogens (tertiary/aromatic N) is 3. The minimum atomic E-state index is 0.260. The molecular weight excluding hydrogens is 334 g/mol. The maximum Gasteiger partial charge on any atom is 0.115 e. The second-order valence-electron chi connectivity index (χ2n) is 9.53. The molecule has 0 aliphatic heterocycles. The van der Waals surface area contributed by atoms with E-state index in [9.17, 15) is 5.21 Å². The summed E-state index contributed by atoms with van der Waals surface area (Å²) in [6.07, 6.45) is 18.5. The molecule has 4 aliphatic carbocycles. The summed E-state index contributed by atoms with van der Waals surface area (Å²) in [4.78, 5) is 8.54. The second-order valence-corrected chi connectivity index (χ2v) is 9.53. The summed E-state index contributed by atoms with van der Waals surface area (Å²) < 4.78 is 0. The molecule has 4 aliphatic rings. The van der Waals surface area contributed by atoms with Crippen LogP contribution in [0.15, 0.2) is 41.6 Å². The molecule has 0 bridgehead atoms. The predicted molar refractivity (Wildman–Crippen MR) is 106 cm³/mol. The summed E-state index contributed by atoms with van der Waals surface area (Å²) in [6.45, 7) is 4.98. The molecule has 5 atom stereocenters. The number of oxime groups is 1. The smallest absolute Gasteiger partial charge is 0.115 e. The highest BCUT2D eigenvalue weighted by atomic mass is 16.4. The van der Waals surface area contributed by atoms with Gasteiger partial charge in [-0.25, -0.2) is 9.97 Å². The average molecular weight is 364 g/mol. The van der Waals surface area contributed by atoms with Crippen molar-refractivity contribution >= 4 is 11.3 Å². The topological polar surface area (TPSA) is 58.4 Å². The molecule has 142 valence electrons. The third-order valence-electron chi connectivity index (χ3n) is 8.56. The maximum atomic E-state index is 9.22. The van der Waals surface area contributed by atoms with Crippen LogP contribution in [-0.4, -0.2) is 20.9 Å². The van der Waals surface area contributed by atoms with Crippen LogP contribution in [-0.2, 0) is 0 Å². The normalized spacial score (nSPS) is 42.0.